The lowest BCUT2D eigenvalue weighted by Crippen LogP contribution is -2.29. The van der Waals surface area contributed by atoms with Crippen molar-refractivity contribution in [1.29, 1.82) is 0 Å². The fourth-order valence-corrected chi connectivity index (χ4v) is 6.35. The summed E-state index contributed by atoms with van der Waals surface area (Å²) in [6.45, 7) is 8.03. The number of benzene rings is 3. The van der Waals surface area contributed by atoms with Crippen molar-refractivity contribution < 1.29 is 28.6 Å². The van der Waals surface area contributed by atoms with Gasteiger partial charge in [0, 0.05) is 11.3 Å². The minimum atomic E-state index is -1.02. The zero-order valence-electron chi connectivity index (χ0n) is 23.5. The van der Waals surface area contributed by atoms with Crippen molar-refractivity contribution >= 4 is 45.7 Å². The van der Waals surface area contributed by atoms with Crippen molar-refractivity contribution in [3.8, 4) is 11.5 Å². The Morgan fingerprint density at radius 3 is 2.51 bits per heavy atom. The summed E-state index contributed by atoms with van der Waals surface area (Å²) < 4.78 is 25.4. The third-order valence-corrected chi connectivity index (χ3v) is 8.71. The average Bonchev–Trinajstić information content (AvgIpc) is 3.58. The van der Waals surface area contributed by atoms with Crippen molar-refractivity contribution in [3.63, 3.8) is 0 Å². The topological polar surface area (TPSA) is 102 Å². The van der Waals surface area contributed by atoms with Gasteiger partial charge in [0.05, 0.1) is 18.2 Å². The number of aliphatic hydroxyl groups excluding tert-OH is 1. The van der Waals surface area contributed by atoms with Gasteiger partial charge in [-0.15, -0.1) is 10.2 Å². The van der Waals surface area contributed by atoms with Crippen LogP contribution in [0.1, 0.15) is 35.2 Å². The van der Waals surface area contributed by atoms with Crippen LogP contribution in [0.15, 0.2) is 89.3 Å². The first kappa shape index (κ1) is 30.0. The molecular weight excluding hydrogens is 590 g/mol. The molecule has 11 heteroatoms. The summed E-state index contributed by atoms with van der Waals surface area (Å²) >= 11 is 2.52. The molecule has 1 N–H and O–H groups in total. The Morgan fingerprint density at radius 1 is 1.07 bits per heavy atom. The summed E-state index contributed by atoms with van der Waals surface area (Å²) in [7, 11) is 0. The van der Waals surface area contributed by atoms with E-state index in [4.69, 9.17) is 9.47 Å². The number of aliphatic hydroxyl groups is 1. The number of carbonyl (C=O) groups is 2. The highest BCUT2D eigenvalue weighted by Gasteiger charge is 2.48. The number of hydrogen-bond acceptors (Lipinski definition) is 9. The number of amides is 1. The summed E-state index contributed by atoms with van der Waals surface area (Å²) in [5.41, 5.74) is 2.70. The smallest absolute Gasteiger partial charge is 0.301 e. The highest BCUT2D eigenvalue weighted by molar-refractivity contribution is 8.00. The van der Waals surface area contributed by atoms with E-state index in [2.05, 4.69) is 16.8 Å². The number of ether oxygens (including phenoxy) is 2. The number of thioether (sulfide) groups is 1. The maximum atomic E-state index is 13.6. The first-order valence-electron chi connectivity index (χ1n) is 13.4. The third-order valence-electron chi connectivity index (χ3n) is 6.59. The van der Waals surface area contributed by atoms with E-state index in [0.29, 0.717) is 39.3 Å². The summed E-state index contributed by atoms with van der Waals surface area (Å²) in [5.74, 6) is -0.911. The molecule has 220 valence electrons. The lowest BCUT2D eigenvalue weighted by molar-refractivity contribution is -0.132. The van der Waals surface area contributed by atoms with Crippen molar-refractivity contribution in [2.45, 2.75) is 30.0 Å². The molecule has 43 heavy (non-hydrogen) atoms. The molecule has 1 saturated heterocycles. The molecule has 5 rings (SSSR count). The van der Waals surface area contributed by atoms with Crippen LogP contribution < -0.4 is 14.4 Å². The second-order valence-corrected chi connectivity index (χ2v) is 11.7. The van der Waals surface area contributed by atoms with E-state index >= 15 is 0 Å². The Balaban J connectivity index is 1.57. The Morgan fingerprint density at radius 2 is 1.81 bits per heavy atom. The van der Waals surface area contributed by atoms with Gasteiger partial charge >= 0.3 is 5.91 Å². The fraction of sp³-hybridized carbons (Fsp3) is 0.188. The average molecular weight is 618 g/mol. The van der Waals surface area contributed by atoms with E-state index in [-0.39, 0.29) is 28.9 Å². The molecule has 1 unspecified atom stereocenters. The van der Waals surface area contributed by atoms with Crippen LogP contribution in [0.4, 0.5) is 9.52 Å². The van der Waals surface area contributed by atoms with Gasteiger partial charge in [-0.1, -0.05) is 83.8 Å². The van der Waals surface area contributed by atoms with Crippen LogP contribution in [0.5, 0.6) is 11.5 Å². The molecule has 0 bridgehead atoms. The molecule has 4 aromatic rings. The number of rotatable bonds is 11. The fourth-order valence-electron chi connectivity index (χ4n) is 4.53. The summed E-state index contributed by atoms with van der Waals surface area (Å²) in [4.78, 5) is 28.4. The first-order valence-corrected chi connectivity index (χ1v) is 15.2. The molecule has 8 nitrogen and oxygen atoms in total. The van der Waals surface area contributed by atoms with E-state index in [9.17, 15) is 19.1 Å². The van der Waals surface area contributed by atoms with Crippen molar-refractivity contribution in [1.82, 2.24) is 10.2 Å². The molecule has 2 heterocycles. The van der Waals surface area contributed by atoms with E-state index in [1.54, 1.807) is 48.5 Å². The molecular formula is C32H28FN3O5S2. The van der Waals surface area contributed by atoms with Gasteiger partial charge in [0.25, 0.3) is 5.78 Å². The molecule has 1 aliphatic rings. The lowest BCUT2D eigenvalue weighted by Gasteiger charge is -2.23. The first-order chi connectivity index (χ1) is 20.8. The van der Waals surface area contributed by atoms with Crippen LogP contribution in [0.25, 0.3) is 5.76 Å². The quantitative estimate of drug-likeness (QED) is 0.0486. The molecule has 3 aromatic carbocycles. The second kappa shape index (κ2) is 13.2. The summed E-state index contributed by atoms with van der Waals surface area (Å²) in [6.07, 6.45) is 1.61. The number of aromatic nitrogens is 2. The van der Waals surface area contributed by atoms with Crippen molar-refractivity contribution in [2.75, 3.05) is 18.1 Å². The maximum absolute atomic E-state index is 13.6. The largest absolute Gasteiger partial charge is 0.507 e. The Hall–Kier alpha value is -4.48. The molecule has 1 atom stereocenters. The maximum Gasteiger partial charge on any atom is 0.301 e. The Bertz CT molecular complexity index is 1690. The van der Waals surface area contributed by atoms with Gasteiger partial charge in [-0.2, -0.15) is 0 Å². The minimum Gasteiger partial charge on any atom is -0.507 e. The number of hydrogen-bond donors (Lipinski definition) is 1. The highest BCUT2D eigenvalue weighted by Crippen LogP contribution is 2.45. The second-order valence-electron chi connectivity index (χ2n) is 9.54. The molecule has 1 aromatic heterocycles. The number of nitrogens with zero attached hydrogens (tertiary/aromatic N) is 3. The summed E-state index contributed by atoms with van der Waals surface area (Å²) in [6, 6.07) is 17.3. The molecule has 0 aliphatic carbocycles. The monoisotopic (exact) mass is 617 g/mol. The standard InChI is InChI=1S/C32H28FN3O5S2/c1-4-16-41-24-15-12-22(17-25(24)40-5-2)27-26(28(37)21-10-6-19(3)7-11-21)29(38)30(39)36(27)31-34-35-32(43-31)42-18-20-8-13-23(33)14-9-20/h4,6-15,17,27,37H,1,5,16,18H2,2-3H3. The number of halogens is 1. The van der Waals surface area contributed by atoms with Gasteiger partial charge in [-0.25, -0.2) is 4.39 Å². The van der Waals surface area contributed by atoms with Crippen LogP contribution in [0, 0.1) is 12.7 Å². The molecule has 1 fully saturated rings. The molecule has 1 aliphatic heterocycles. The number of ketones is 1. The zero-order chi connectivity index (χ0) is 30.5. The van der Waals surface area contributed by atoms with E-state index in [1.165, 1.54) is 28.8 Å². The van der Waals surface area contributed by atoms with E-state index in [1.807, 2.05) is 26.0 Å². The summed E-state index contributed by atoms with van der Waals surface area (Å²) in [5, 5.41) is 20.1. The molecule has 0 radical (unpaired) electrons. The lowest BCUT2D eigenvalue weighted by atomic mass is 9.95. The van der Waals surface area contributed by atoms with Crippen LogP contribution in [0.2, 0.25) is 0 Å². The van der Waals surface area contributed by atoms with Gasteiger partial charge in [0.2, 0.25) is 5.13 Å². The molecule has 1 amide bonds. The Labute approximate surface area is 256 Å². The van der Waals surface area contributed by atoms with Crippen LogP contribution in [0.3, 0.4) is 0 Å². The van der Waals surface area contributed by atoms with Gasteiger partial charge in [0.15, 0.2) is 15.8 Å². The third kappa shape index (κ3) is 6.47. The number of aryl methyl sites for hydroxylation is 1. The van der Waals surface area contributed by atoms with Gasteiger partial charge in [-0.3, -0.25) is 14.5 Å². The normalized spacial score (nSPS) is 16.0. The van der Waals surface area contributed by atoms with Crippen molar-refractivity contribution in [2.24, 2.45) is 0 Å². The van der Waals surface area contributed by atoms with Gasteiger partial charge in [0.1, 0.15) is 18.2 Å². The number of Topliss-reactive ketones (excluding diaryl/α,β-unsaturated/α-hetero) is 1. The van der Waals surface area contributed by atoms with Gasteiger partial charge < -0.3 is 14.6 Å². The number of carbonyl (C=O) groups excluding carboxylic acids is 2. The minimum absolute atomic E-state index is 0.0771. The van der Waals surface area contributed by atoms with Gasteiger partial charge in [-0.05, 0) is 49.2 Å². The zero-order valence-corrected chi connectivity index (χ0v) is 25.1. The predicted octanol–water partition coefficient (Wildman–Crippen LogP) is 6.87. The SMILES string of the molecule is C=CCOc1ccc(C2C(=C(O)c3ccc(C)cc3)C(=O)C(=O)N2c2nnc(SCc3ccc(F)cc3)s2)cc1OCC. The van der Waals surface area contributed by atoms with Crippen molar-refractivity contribution in [3.05, 3.63) is 113 Å². The Kier molecular flexibility index (Phi) is 9.22. The van der Waals surface area contributed by atoms with Crippen LogP contribution in [-0.4, -0.2) is 40.2 Å². The van der Waals surface area contributed by atoms with Crippen LogP contribution in [-0.2, 0) is 15.3 Å². The van der Waals surface area contributed by atoms with E-state index < -0.39 is 17.7 Å². The van der Waals surface area contributed by atoms with E-state index in [0.717, 1.165) is 22.5 Å². The number of anilines is 1. The van der Waals surface area contributed by atoms with Crippen LogP contribution >= 0.6 is 23.1 Å². The highest BCUT2D eigenvalue weighted by atomic mass is 32.2. The molecule has 0 saturated carbocycles. The molecule has 0 spiro atoms. The predicted molar refractivity (Wildman–Crippen MR) is 165 cm³/mol.